The number of nitrogens with one attached hydrogen (secondary N) is 1. The van der Waals surface area contributed by atoms with Gasteiger partial charge in [-0.2, -0.15) is 10.4 Å². The van der Waals surface area contributed by atoms with Gasteiger partial charge in [0.25, 0.3) is 5.91 Å². The van der Waals surface area contributed by atoms with Crippen molar-refractivity contribution in [2.75, 3.05) is 39.3 Å². The minimum Gasteiger partial charge on any atom is -0.493 e. The summed E-state index contributed by atoms with van der Waals surface area (Å²) in [4.78, 5) is 13.8. The molecule has 0 radical (unpaired) electrons. The fourth-order valence-corrected chi connectivity index (χ4v) is 2.21. The number of carbonyl (C=O) groups is 1. The van der Waals surface area contributed by atoms with Gasteiger partial charge < -0.3 is 19.1 Å². The molecule has 1 amide bonds. The second kappa shape index (κ2) is 10.4. The average Bonchev–Trinajstić information content (AvgIpc) is 2.71. The first-order chi connectivity index (χ1) is 13.5. The van der Waals surface area contributed by atoms with Gasteiger partial charge in [-0.25, -0.2) is 5.43 Å². The highest BCUT2D eigenvalue weighted by molar-refractivity contribution is 5.83. The number of methoxy groups -OCH3 is 1. The van der Waals surface area contributed by atoms with Gasteiger partial charge in [-0.3, -0.25) is 4.79 Å². The highest BCUT2D eigenvalue weighted by Crippen LogP contribution is 2.27. The summed E-state index contributed by atoms with van der Waals surface area (Å²) in [5, 5.41) is 12.5. The molecule has 28 heavy (non-hydrogen) atoms. The van der Waals surface area contributed by atoms with Crippen molar-refractivity contribution in [1.82, 2.24) is 5.43 Å². The lowest BCUT2D eigenvalue weighted by Gasteiger charge is -2.13. The zero-order chi connectivity index (χ0) is 20.4. The molecule has 0 unspecified atom stereocenters. The molecule has 8 heteroatoms. The van der Waals surface area contributed by atoms with Gasteiger partial charge in [0, 0.05) is 25.8 Å². The number of amides is 1. The van der Waals surface area contributed by atoms with Crippen molar-refractivity contribution in [2.45, 2.75) is 0 Å². The summed E-state index contributed by atoms with van der Waals surface area (Å²) in [6.45, 7) is -0.226. The minimum absolute atomic E-state index is 0.0721. The molecule has 1 N–H and O–H groups in total. The average molecular weight is 382 g/mol. The van der Waals surface area contributed by atoms with Gasteiger partial charge >= 0.3 is 0 Å². The summed E-state index contributed by atoms with van der Waals surface area (Å²) in [5.41, 5.74) is 4.08. The molecular formula is C20H22N4O4. The van der Waals surface area contributed by atoms with Crippen LogP contribution in [0.2, 0.25) is 0 Å². The minimum atomic E-state index is -0.382. The smallest absolute Gasteiger partial charge is 0.277 e. The number of anilines is 1. The van der Waals surface area contributed by atoms with Crippen LogP contribution in [0.1, 0.15) is 5.56 Å². The molecule has 0 saturated carbocycles. The summed E-state index contributed by atoms with van der Waals surface area (Å²) in [6.07, 6.45) is 1.47. The van der Waals surface area contributed by atoms with E-state index in [1.54, 1.807) is 24.3 Å². The van der Waals surface area contributed by atoms with E-state index in [0.717, 1.165) is 5.69 Å². The Kier molecular flexibility index (Phi) is 7.66. The summed E-state index contributed by atoms with van der Waals surface area (Å²) in [7, 11) is 5.36. The van der Waals surface area contributed by atoms with E-state index in [1.807, 2.05) is 43.3 Å². The van der Waals surface area contributed by atoms with E-state index in [2.05, 4.69) is 10.5 Å². The van der Waals surface area contributed by atoms with Crippen molar-refractivity contribution in [2.24, 2.45) is 5.10 Å². The van der Waals surface area contributed by atoms with Gasteiger partial charge in [0.15, 0.2) is 24.7 Å². The van der Waals surface area contributed by atoms with Crippen LogP contribution in [0.15, 0.2) is 47.6 Å². The van der Waals surface area contributed by atoms with Crippen molar-refractivity contribution in [3.8, 4) is 23.3 Å². The van der Waals surface area contributed by atoms with Gasteiger partial charge in [0.05, 0.1) is 13.3 Å². The zero-order valence-electron chi connectivity index (χ0n) is 16.0. The Morgan fingerprint density at radius 1 is 1.21 bits per heavy atom. The highest BCUT2D eigenvalue weighted by Gasteiger charge is 2.06. The Labute approximate surface area is 163 Å². The number of rotatable bonds is 9. The Morgan fingerprint density at radius 3 is 2.75 bits per heavy atom. The third-order valence-corrected chi connectivity index (χ3v) is 3.59. The second-order valence-electron chi connectivity index (χ2n) is 5.83. The van der Waals surface area contributed by atoms with E-state index in [1.165, 1.54) is 13.3 Å². The van der Waals surface area contributed by atoms with E-state index < -0.39 is 0 Å². The summed E-state index contributed by atoms with van der Waals surface area (Å²) >= 11 is 0. The lowest BCUT2D eigenvalue weighted by molar-refractivity contribution is -0.123. The van der Waals surface area contributed by atoms with Crippen LogP contribution >= 0.6 is 0 Å². The predicted molar refractivity (Wildman–Crippen MR) is 106 cm³/mol. The Bertz CT molecular complexity index is 875. The van der Waals surface area contributed by atoms with E-state index in [9.17, 15) is 4.79 Å². The third-order valence-electron chi connectivity index (χ3n) is 3.59. The molecule has 0 spiro atoms. The number of nitrogens with zero attached hydrogens (tertiary/aromatic N) is 3. The number of hydrogen-bond donors (Lipinski definition) is 1. The SMILES string of the molecule is COc1cc(/C=N/NC(=O)COc2cccc(N(C)C)c2)ccc1OCC#N. The standard InChI is InChI=1S/C20H22N4O4/c1-24(2)16-5-4-6-17(12-16)28-14-20(25)23-22-13-15-7-8-18(27-10-9-21)19(11-15)26-3/h4-8,11-13H,10,14H2,1-3H3,(H,23,25)/b22-13+. The molecule has 2 rings (SSSR count). The zero-order valence-corrected chi connectivity index (χ0v) is 16.0. The van der Waals surface area contributed by atoms with E-state index >= 15 is 0 Å². The summed E-state index contributed by atoms with van der Waals surface area (Å²) < 4.78 is 15.9. The number of hydrazone groups is 1. The van der Waals surface area contributed by atoms with Crippen molar-refractivity contribution in [3.05, 3.63) is 48.0 Å². The number of benzene rings is 2. The maximum atomic E-state index is 11.9. The maximum Gasteiger partial charge on any atom is 0.277 e. The van der Waals surface area contributed by atoms with Crippen LogP contribution in [0, 0.1) is 11.3 Å². The Hall–Kier alpha value is -3.73. The molecule has 0 atom stereocenters. The normalized spacial score (nSPS) is 10.2. The fraction of sp³-hybridized carbons (Fsp3) is 0.250. The van der Waals surface area contributed by atoms with Gasteiger partial charge in [0.2, 0.25) is 0 Å². The monoisotopic (exact) mass is 382 g/mol. The fourth-order valence-electron chi connectivity index (χ4n) is 2.21. The Balaban J connectivity index is 1.87. The van der Waals surface area contributed by atoms with E-state index in [-0.39, 0.29) is 19.1 Å². The first kappa shape index (κ1) is 20.6. The van der Waals surface area contributed by atoms with Gasteiger partial charge in [-0.05, 0) is 35.9 Å². The molecule has 2 aromatic carbocycles. The lowest BCUT2D eigenvalue weighted by atomic mass is 10.2. The molecule has 0 aliphatic heterocycles. The largest absolute Gasteiger partial charge is 0.493 e. The van der Waals surface area contributed by atoms with Crippen molar-refractivity contribution >= 4 is 17.8 Å². The van der Waals surface area contributed by atoms with Crippen LogP contribution in [0.3, 0.4) is 0 Å². The van der Waals surface area contributed by atoms with Gasteiger partial charge in [0.1, 0.15) is 11.8 Å². The number of ether oxygens (including phenoxy) is 3. The number of hydrogen-bond acceptors (Lipinski definition) is 7. The van der Waals surface area contributed by atoms with Crippen LogP contribution in [0.5, 0.6) is 17.2 Å². The molecular weight excluding hydrogens is 360 g/mol. The van der Waals surface area contributed by atoms with Gasteiger partial charge in [-0.15, -0.1) is 0 Å². The molecule has 0 bridgehead atoms. The van der Waals surface area contributed by atoms with Crippen LogP contribution in [-0.2, 0) is 4.79 Å². The van der Waals surface area contributed by atoms with Gasteiger partial charge in [-0.1, -0.05) is 6.07 Å². The van der Waals surface area contributed by atoms with Crippen LogP contribution in [0.4, 0.5) is 5.69 Å². The summed E-state index contributed by atoms with van der Waals surface area (Å²) in [6, 6.07) is 14.4. The molecule has 8 nitrogen and oxygen atoms in total. The molecule has 0 aliphatic carbocycles. The second-order valence-corrected chi connectivity index (χ2v) is 5.83. The maximum absolute atomic E-state index is 11.9. The molecule has 0 aromatic heterocycles. The van der Waals surface area contributed by atoms with E-state index in [0.29, 0.717) is 22.8 Å². The molecule has 0 fully saturated rings. The third kappa shape index (κ3) is 6.21. The molecule has 2 aromatic rings. The Morgan fingerprint density at radius 2 is 2.04 bits per heavy atom. The lowest BCUT2D eigenvalue weighted by Crippen LogP contribution is -2.24. The first-order valence-electron chi connectivity index (χ1n) is 8.43. The molecule has 0 aliphatic rings. The quantitative estimate of drug-likeness (QED) is 0.528. The van der Waals surface area contributed by atoms with Crippen LogP contribution in [0.25, 0.3) is 0 Å². The predicted octanol–water partition coefficient (Wildman–Crippen LogP) is 2.19. The topological polar surface area (TPSA) is 96.2 Å². The van der Waals surface area contributed by atoms with E-state index in [4.69, 9.17) is 19.5 Å². The van der Waals surface area contributed by atoms with Crippen molar-refractivity contribution < 1.29 is 19.0 Å². The number of carbonyl (C=O) groups excluding carboxylic acids is 1. The summed E-state index contributed by atoms with van der Waals surface area (Å²) in [5.74, 6) is 1.14. The van der Waals surface area contributed by atoms with Crippen LogP contribution in [-0.4, -0.2) is 46.5 Å². The molecule has 0 heterocycles. The molecule has 0 saturated heterocycles. The van der Waals surface area contributed by atoms with Crippen molar-refractivity contribution in [3.63, 3.8) is 0 Å². The van der Waals surface area contributed by atoms with Crippen molar-refractivity contribution in [1.29, 1.82) is 5.26 Å². The molecule has 146 valence electrons. The van der Waals surface area contributed by atoms with Crippen LogP contribution < -0.4 is 24.5 Å². The highest BCUT2D eigenvalue weighted by atomic mass is 16.5. The number of nitriles is 1. The first-order valence-corrected chi connectivity index (χ1v) is 8.43.